The highest BCUT2D eigenvalue weighted by molar-refractivity contribution is 14.1. The number of rotatable bonds is 8. The number of alkyl halides is 1. The van der Waals surface area contributed by atoms with Gasteiger partial charge in [0.1, 0.15) is 11.8 Å². The van der Waals surface area contributed by atoms with Gasteiger partial charge in [0.15, 0.2) is 0 Å². The molecule has 1 aromatic heterocycles. The van der Waals surface area contributed by atoms with Crippen LogP contribution in [0.4, 0.5) is 0 Å². The zero-order valence-electron chi connectivity index (χ0n) is 22.4. The second-order valence-corrected chi connectivity index (χ2v) is 9.60. The molecule has 2 heterocycles. The van der Waals surface area contributed by atoms with Crippen LogP contribution in [0, 0.1) is 17.2 Å². The standard InChI is InChI=1S/C28H32N4O4.CH3I/c1-18(2)35-25-8-7-23(15-24(25)16-29)28-30-27(31-36-28)22-6-5-20-10-12-32(13-11-21(20)14-22)26(34)9-4-19(3)17-33;1-2/h5-8,14-15,18-19,33H,4,9-13,17H2,1-3H3;1H3/t19-;/m0./s1. The second kappa shape index (κ2) is 14.3. The largest absolute Gasteiger partial charge is 0.490 e. The highest BCUT2D eigenvalue weighted by Gasteiger charge is 2.20. The molecule has 1 aliphatic rings. The molecule has 0 saturated heterocycles. The van der Waals surface area contributed by atoms with E-state index in [0.717, 1.165) is 18.4 Å². The van der Waals surface area contributed by atoms with Gasteiger partial charge < -0.3 is 19.3 Å². The van der Waals surface area contributed by atoms with Crippen LogP contribution in [-0.4, -0.2) is 56.8 Å². The Morgan fingerprint density at radius 1 is 1.13 bits per heavy atom. The van der Waals surface area contributed by atoms with Gasteiger partial charge in [-0.05, 0) is 79.4 Å². The van der Waals surface area contributed by atoms with Crippen LogP contribution in [0.2, 0.25) is 0 Å². The first kappa shape index (κ1) is 29.6. The first-order valence-electron chi connectivity index (χ1n) is 12.8. The van der Waals surface area contributed by atoms with E-state index in [1.165, 1.54) is 11.1 Å². The fourth-order valence-electron chi connectivity index (χ4n) is 4.30. The number of hydrogen-bond donors (Lipinski definition) is 1. The number of benzene rings is 2. The molecule has 0 bridgehead atoms. The smallest absolute Gasteiger partial charge is 0.258 e. The SMILES string of the molecule is CC(C)Oc1ccc(-c2nc(-c3ccc4c(c3)CCN(C(=O)CC[C@H](C)CO)CC4)no2)cc1C#N.CI. The average Bonchev–Trinajstić information content (AvgIpc) is 3.33. The number of halogens is 1. The van der Waals surface area contributed by atoms with Gasteiger partial charge in [0.25, 0.3) is 5.89 Å². The van der Waals surface area contributed by atoms with Crippen molar-refractivity contribution in [2.75, 3.05) is 24.6 Å². The molecule has 9 heteroatoms. The van der Waals surface area contributed by atoms with E-state index >= 15 is 0 Å². The molecule has 0 spiro atoms. The minimum absolute atomic E-state index is 0.0358. The molecule has 38 heavy (non-hydrogen) atoms. The number of carbonyl (C=O) groups excluding carboxylic acids is 1. The Kier molecular flexibility index (Phi) is 11.1. The van der Waals surface area contributed by atoms with Gasteiger partial charge in [-0.25, -0.2) is 0 Å². The van der Waals surface area contributed by atoms with E-state index in [-0.39, 0.29) is 24.5 Å². The Bertz CT molecular complexity index is 1270. The molecule has 0 fully saturated rings. The molecule has 3 aromatic rings. The molecule has 1 N–H and O–H groups in total. The van der Waals surface area contributed by atoms with Crippen molar-refractivity contribution >= 4 is 28.5 Å². The summed E-state index contributed by atoms with van der Waals surface area (Å²) in [6.07, 6.45) is 2.69. The summed E-state index contributed by atoms with van der Waals surface area (Å²) in [5.74, 6) is 1.62. The number of nitriles is 1. The van der Waals surface area contributed by atoms with Gasteiger partial charge >= 0.3 is 0 Å². The fraction of sp³-hybridized carbons (Fsp3) is 0.448. The maximum atomic E-state index is 12.7. The third-order valence-electron chi connectivity index (χ3n) is 6.42. The maximum absolute atomic E-state index is 12.7. The van der Waals surface area contributed by atoms with Crippen molar-refractivity contribution in [2.45, 2.75) is 52.6 Å². The Morgan fingerprint density at radius 2 is 1.84 bits per heavy atom. The number of amides is 1. The molecule has 0 saturated carbocycles. The zero-order chi connectivity index (χ0) is 27.7. The molecule has 2 aromatic carbocycles. The lowest BCUT2D eigenvalue weighted by molar-refractivity contribution is -0.131. The molecule has 8 nitrogen and oxygen atoms in total. The van der Waals surface area contributed by atoms with Crippen molar-refractivity contribution in [1.82, 2.24) is 15.0 Å². The van der Waals surface area contributed by atoms with Crippen LogP contribution < -0.4 is 4.74 Å². The third kappa shape index (κ3) is 7.54. The number of aromatic nitrogens is 2. The Labute approximate surface area is 238 Å². The number of fused-ring (bicyclic) bond motifs is 1. The quantitative estimate of drug-likeness (QED) is 0.260. The van der Waals surface area contributed by atoms with E-state index in [1.807, 2.05) is 36.7 Å². The lowest BCUT2D eigenvalue weighted by Crippen LogP contribution is -2.33. The summed E-state index contributed by atoms with van der Waals surface area (Å²) in [5.41, 5.74) is 4.32. The number of carbonyl (C=O) groups is 1. The Hall–Kier alpha value is -2.97. The van der Waals surface area contributed by atoms with E-state index in [2.05, 4.69) is 50.9 Å². The predicted molar refractivity (Wildman–Crippen MR) is 155 cm³/mol. The van der Waals surface area contributed by atoms with Gasteiger partial charge in [-0.2, -0.15) is 10.2 Å². The topological polar surface area (TPSA) is 112 Å². The van der Waals surface area contributed by atoms with Gasteiger partial charge in [-0.15, -0.1) is 0 Å². The monoisotopic (exact) mass is 630 g/mol. The van der Waals surface area contributed by atoms with Crippen LogP contribution in [0.1, 0.15) is 50.3 Å². The minimum Gasteiger partial charge on any atom is -0.490 e. The molecule has 0 radical (unpaired) electrons. The summed E-state index contributed by atoms with van der Waals surface area (Å²) in [5, 5.41) is 22.9. The van der Waals surface area contributed by atoms with Gasteiger partial charge in [0.05, 0.1) is 11.7 Å². The Balaban J connectivity index is 0.00000195. The van der Waals surface area contributed by atoms with E-state index < -0.39 is 0 Å². The maximum Gasteiger partial charge on any atom is 0.258 e. The lowest BCUT2D eigenvalue weighted by atomic mass is 10.00. The van der Waals surface area contributed by atoms with Crippen LogP contribution in [-0.2, 0) is 17.6 Å². The van der Waals surface area contributed by atoms with Crippen LogP contribution in [0.3, 0.4) is 0 Å². The summed E-state index contributed by atoms with van der Waals surface area (Å²) in [6.45, 7) is 7.25. The highest BCUT2D eigenvalue weighted by Crippen LogP contribution is 2.29. The highest BCUT2D eigenvalue weighted by atomic mass is 127. The van der Waals surface area contributed by atoms with Crippen molar-refractivity contribution in [3.63, 3.8) is 0 Å². The predicted octanol–water partition coefficient (Wildman–Crippen LogP) is 5.45. The fourth-order valence-corrected chi connectivity index (χ4v) is 4.30. The van der Waals surface area contributed by atoms with Crippen molar-refractivity contribution in [1.29, 1.82) is 5.26 Å². The molecule has 1 aliphatic heterocycles. The van der Waals surface area contributed by atoms with Crippen molar-refractivity contribution in [3.05, 3.63) is 53.1 Å². The number of aliphatic hydroxyl groups is 1. The van der Waals surface area contributed by atoms with Gasteiger partial charge in [0, 0.05) is 37.2 Å². The normalized spacial score (nSPS) is 13.6. The molecule has 202 valence electrons. The summed E-state index contributed by atoms with van der Waals surface area (Å²) in [6, 6.07) is 13.5. The van der Waals surface area contributed by atoms with Gasteiger partial charge in [0.2, 0.25) is 11.7 Å². The number of nitrogens with zero attached hydrogens (tertiary/aromatic N) is 4. The van der Waals surface area contributed by atoms with Gasteiger partial charge in [-0.3, -0.25) is 4.79 Å². The summed E-state index contributed by atoms with van der Waals surface area (Å²) in [7, 11) is 0. The zero-order valence-corrected chi connectivity index (χ0v) is 24.6. The van der Waals surface area contributed by atoms with Crippen LogP contribution in [0.5, 0.6) is 5.75 Å². The Morgan fingerprint density at radius 3 is 2.53 bits per heavy atom. The van der Waals surface area contributed by atoms with Crippen LogP contribution in [0.25, 0.3) is 22.8 Å². The molecule has 1 atom stereocenters. The van der Waals surface area contributed by atoms with Crippen molar-refractivity contribution in [3.8, 4) is 34.7 Å². The average molecular weight is 631 g/mol. The van der Waals surface area contributed by atoms with Gasteiger partial charge in [-0.1, -0.05) is 46.8 Å². The first-order chi connectivity index (χ1) is 18.4. The minimum atomic E-state index is -0.0358. The number of aliphatic hydroxyl groups excluding tert-OH is 1. The van der Waals surface area contributed by atoms with E-state index in [0.29, 0.717) is 54.5 Å². The van der Waals surface area contributed by atoms with E-state index in [4.69, 9.17) is 9.26 Å². The van der Waals surface area contributed by atoms with Crippen molar-refractivity contribution in [2.24, 2.45) is 5.92 Å². The number of hydrogen-bond acceptors (Lipinski definition) is 7. The number of ether oxygens (including phenoxy) is 1. The van der Waals surface area contributed by atoms with E-state index in [1.54, 1.807) is 18.2 Å². The third-order valence-corrected chi connectivity index (χ3v) is 6.42. The molecular weight excluding hydrogens is 595 g/mol. The summed E-state index contributed by atoms with van der Waals surface area (Å²) >= 11 is 2.15. The van der Waals surface area contributed by atoms with Crippen LogP contribution >= 0.6 is 22.6 Å². The summed E-state index contributed by atoms with van der Waals surface area (Å²) < 4.78 is 11.2. The van der Waals surface area contributed by atoms with Crippen LogP contribution in [0.15, 0.2) is 40.9 Å². The molecule has 0 unspecified atom stereocenters. The first-order valence-corrected chi connectivity index (χ1v) is 15.0. The van der Waals surface area contributed by atoms with Crippen molar-refractivity contribution < 1.29 is 19.2 Å². The second-order valence-electron chi connectivity index (χ2n) is 9.60. The molecular formula is C29H35IN4O4. The molecule has 0 aliphatic carbocycles. The lowest BCUT2D eigenvalue weighted by Gasteiger charge is -2.21. The van der Waals surface area contributed by atoms with E-state index in [9.17, 15) is 15.2 Å². The summed E-state index contributed by atoms with van der Waals surface area (Å²) in [4.78, 5) is 21.1. The molecule has 4 rings (SSSR count). The molecule has 1 amide bonds.